The normalized spacial score (nSPS) is 55.0. The Labute approximate surface area is 365 Å². The zero-order valence-electron chi connectivity index (χ0n) is 37.3. The maximum atomic E-state index is 14.1. The van der Waals surface area contributed by atoms with Gasteiger partial charge in [0.15, 0.2) is 17.4 Å². The summed E-state index contributed by atoms with van der Waals surface area (Å²) < 4.78 is 59.3. The Hall–Kier alpha value is -1.86. The Balaban J connectivity index is 1.03. The third-order valence-corrected chi connectivity index (χ3v) is 16.0. The molecule has 0 amide bonds. The predicted octanol–water partition coefficient (Wildman–Crippen LogP) is 4.23. The first-order valence-electron chi connectivity index (χ1n) is 23.5. The highest BCUT2D eigenvalue weighted by Crippen LogP contribution is 2.55. The molecule has 10 bridgehead atoms. The van der Waals surface area contributed by atoms with Crippen LogP contribution in [-0.2, 0) is 52.2 Å². The number of carbonyl (C=O) groups is 2. The van der Waals surface area contributed by atoms with Crippen molar-refractivity contribution in [1.82, 2.24) is 0 Å². The van der Waals surface area contributed by atoms with Crippen molar-refractivity contribution in [3.05, 3.63) is 23.8 Å². The van der Waals surface area contributed by atoms with Gasteiger partial charge in [-0.25, -0.2) is 0 Å². The zero-order valence-corrected chi connectivity index (χ0v) is 37.3. The molecule has 9 aliphatic rings. The zero-order chi connectivity index (χ0) is 44.0. The second-order valence-corrected chi connectivity index (χ2v) is 21.2. The van der Waals surface area contributed by atoms with Gasteiger partial charge in [-0.3, -0.25) is 9.59 Å². The SMILES string of the molecule is CC1=C/[C@@H](C)C[C@]2(C)CC[C@H](O2)[C@]23CC[C@](CO)(C[C@H](O2)[C@@H]2O[C@@](C)(CC2=O)[C@H]2O[C@]4(CCC[C@@H](O4)[C@H](C)C(=O)O[C@H]4C[C@H]([C@]5(O)OCC[C@H](C)[C@@H]5O)O[C@H]4/C=C\1)CC[C@@H]2O)O3. The molecule has 9 aliphatic heterocycles. The summed E-state index contributed by atoms with van der Waals surface area (Å²) >= 11 is 0. The second-order valence-electron chi connectivity index (χ2n) is 21.2. The minimum Gasteiger partial charge on any atom is -0.459 e. The Kier molecular flexibility index (Phi) is 12.0. The number of ether oxygens (including phenoxy) is 9. The lowest BCUT2D eigenvalue weighted by atomic mass is 9.83. The number of hydrogen-bond acceptors (Lipinski definition) is 15. The summed E-state index contributed by atoms with van der Waals surface area (Å²) in [5.41, 5.74) is -1.68. The van der Waals surface area contributed by atoms with Crippen LogP contribution in [0.2, 0.25) is 0 Å². The number of Topliss-reactive ketones (excluding diaryl/α,β-unsaturated/α-hetero) is 1. The number of carbonyl (C=O) groups excluding carboxylic acids is 2. The van der Waals surface area contributed by atoms with Gasteiger partial charge in [-0.2, -0.15) is 0 Å². The molecule has 15 nitrogen and oxygen atoms in total. The lowest BCUT2D eigenvalue weighted by molar-refractivity contribution is -0.372. The quantitative estimate of drug-likeness (QED) is 0.227. The first-order chi connectivity index (χ1) is 29.3. The van der Waals surface area contributed by atoms with Gasteiger partial charge in [0.1, 0.15) is 48.3 Å². The van der Waals surface area contributed by atoms with Gasteiger partial charge >= 0.3 is 5.97 Å². The van der Waals surface area contributed by atoms with Gasteiger partial charge in [-0.1, -0.05) is 37.6 Å². The van der Waals surface area contributed by atoms with E-state index in [0.717, 1.165) is 12.0 Å². The molecule has 0 aromatic rings. The van der Waals surface area contributed by atoms with Crippen molar-refractivity contribution < 1.29 is 72.6 Å². The molecule has 0 aromatic carbocycles. The van der Waals surface area contributed by atoms with Crippen LogP contribution >= 0.6 is 0 Å². The van der Waals surface area contributed by atoms with Crippen LogP contribution in [-0.4, -0.2) is 141 Å². The van der Waals surface area contributed by atoms with Crippen LogP contribution < -0.4 is 0 Å². The number of rotatable bonds is 2. The molecule has 0 radical (unpaired) electrons. The van der Waals surface area contributed by atoms with E-state index in [2.05, 4.69) is 19.9 Å². The van der Waals surface area contributed by atoms with Crippen LogP contribution in [0.25, 0.3) is 0 Å². The molecule has 62 heavy (non-hydrogen) atoms. The lowest BCUT2D eigenvalue weighted by Gasteiger charge is -2.51. The number of aliphatic hydroxyl groups is 4. The molecule has 19 atom stereocenters. The molecule has 9 rings (SSSR count). The number of aliphatic hydroxyl groups excluding tert-OH is 3. The smallest absolute Gasteiger partial charge is 0.311 e. The van der Waals surface area contributed by atoms with Crippen molar-refractivity contribution >= 4 is 11.8 Å². The molecule has 2 spiro atoms. The molecule has 4 N–H and O–H groups in total. The van der Waals surface area contributed by atoms with Gasteiger partial charge in [-0.05, 0) is 90.9 Å². The van der Waals surface area contributed by atoms with E-state index >= 15 is 0 Å². The summed E-state index contributed by atoms with van der Waals surface area (Å²) in [6.45, 7) is 11.7. The molecular formula is C47H70O15. The van der Waals surface area contributed by atoms with E-state index in [1.54, 1.807) is 13.8 Å². The summed E-state index contributed by atoms with van der Waals surface area (Å²) in [6.07, 6.45) is 4.40. The van der Waals surface area contributed by atoms with E-state index in [1.165, 1.54) is 0 Å². The van der Waals surface area contributed by atoms with Gasteiger partial charge in [0.2, 0.25) is 5.79 Å². The van der Waals surface area contributed by atoms with Crippen molar-refractivity contribution in [2.24, 2.45) is 17.8 Å². The number of fused-ring (bicyclic) bond motifs is 11. The van der Waals surface area contributed by atoms with Crippen LogP contribution in [0.5, 0.6) is 0 Å². The van der Waals surface area contributed by atoms with Crippen molar-refractivity contribution in [2.45, 2.75) is 227 Å². The van der Waals surface area contributed by atoms with Gasteiger partial charge in [0, 0.05) is 38.5 Å². The average Bonchev–Trinajstić information content (AvgIpc) is 3.99. The van der Waals surface area contributed by atoms with Crippen LogP contribution in [0.1, 0.15) is 131 Å². The van der Waals surface area contributed by atoms with Crippen LogP contribution in [0, 0.1) is 17.8 Å². The molecule has 15 heteroatoms. The van der Waals surface area contributed by atoms with Gasteiger partial charge in [0.05, 0.1) is 48.6 Å². The molecule has 0 saturated carbocycles. The summed E-state index contributed by atoms with van der Waals surface area (Å²) in [7, 11) is 0. The number of esters is 1. The topological polar surface area (TPSA) is 198 Å². The summed E-state index contributed by atoms with van der Waals surface area (Å²) in [5.74, 6) is -5.77. The highest BCUT2D eigenvalue weighted by atomic mass is 16.8. The van der Waals surface area contributed by atoms with E-state index in [4.69, 9.17) is 42.6 Å². The molecule has 0 aliphatic carbocycles. The fourth-order valence-electron chi connectivity index (χ4n) is 12.5. The van der Waals surface area contributed by atoms with Crippen molar-refractivity contribution in [2.75, 3.05) is 13.2 Å². The minimum absolute atomic E-state index is 0.0134. The Bertz CT molecular complexity index is 1770. The lowest BCUT2D eigenvalue weighted by Crippen LogP contribution is -2.61. The highest BCUT2D eigenvalue weighted by molar-refractivity contribution is 5.86. The van der Waals surface area contributed by atoms with Gasteiger partial charge in [-0.15, -0.1) is 0 Å². The molecule has 9 heterocycles. The first kappa shape index (κ1) is 45.3. The van der Waals surface area contributed by atoms with Gasteiger partial charge < -0.3 is 63.1 Å². The van der Waals surface area contributed by atoms with Crippen LogP contribution in [0.15, 0.2) is 23.8 Å². The monoisotopic (exact) mass is 874 g/mol. The number of ketones is 1. The molecule has 0 aromatic heterocycles. The summed E-state index contributed by atoms with van der Waals surface area (Å²) in [6, 6.07) is 0. The highest BCUT2D eigenvalue weighted by Gasteiger charge is 2.66. The Morgan fingerprint density at radius 2 is 1.65 bits per heavy atom. The summed E-state index contributed by atoms with van der Waals surface area (Å²) in [5, 5.41) is 45.1. The number of allylic oxidation sites excluding steroid dienone is 3. The maximum Gasteiger partial charge on any atom is 0.311 e. The Morgan fingerprint density at radius 3 is 2.44 bits per heavy atom. The molecule has 8 saturated heterocycles. The van der Waals surface area contributed by atoms with Gasteiger partial charge in [0.25, 0.3) is 0 Å². The largest absolute Gasteiger partial charge is 0.459 e. The van der Waals surface area contributed by atoms with E-state index in [0.29, 0.717) is 64.2 Å². The Morgan fingerprint density at radius 1 is 0.839 bits per heavy atom. The summed E-state index contributed by atoms with van der Waals surface area (Å²) in [4.78, 5) is 28.2. The maximum absolute atomic E-state index is 14.1. The molecule has 348 valence electrons. The second kappa shape index (κ2) is 16.5. The van der Waals surface area contributed by atoms with Crippen molar-refractivity contribution in [3.8, 4) is 0 Å². The molecular weight excluding hydrogens is 805 g/mol. The first-order valence-corrected chi connectivity index (χ1v) is 23.5. The standard InChI is InChI=1S/C47H70O15/c1-26-9-10-33-34(21-37(55-33)47(53)39(51)28(3)13-19-54-47)56-41(52)29(4)32-8-7-14-45(57-32)16-11-30(49)40(61-45)43(6)23-31(50)38(60-43)35-24-44(25-48)17-18-46(58-35,62-44)36-12-15-42(5,59-36)22-27(2)20-26/h9-10,20,27-30,32-40,48-49,51,53H,7-8,11-19,21-25H2,1-6H3/b10-9-,26-20-/t27-,28+,29+,30+,32-,33+,34+,35+,36+,37-,38-,39+,40+,42+,43+,44-,45-,46-,47+/m1/s1. The fourth-order valence-corrected chi connectivity index (χ4v) is 12.5. The average molecular weight is 875 g/mol. The van der Waals surface area contributed by atoms with E-state index < -0.39 is 107 Å². The third kappa shape index (κ3) is 8.09. The van der Waals surface area contributed by atoms with Crippen molar-refractivity contribution in [3.63, 3.8) is 0 Å². The number of hydrogen-bond donors (Lipinski definition) is 4. The molecule has 8 fully saturated rings. The third-order valence-electron chi connectivity index (χ3n) is 16.0. The van der Waals surface area contributed by atoms with E-state index in [-0.39, 0.29) is 50.1 Å². The predicted molar refractivity (Wildman–Crippen MR) is 219 cm³/mol. The van der Waals surface area contributed by atoms with Crippen molar-refractivity contribution in [1.29, 1.82) is 0 Å². The van der Waals surface area contributed by atoms with Crippen LogP contribution in [0.3, 0.4) is 0 Å². The molecule has 0 unspecified atom stereocenters. The van der Waals surface area contributed by atoms with Crippen LogP contribution in [0.4, 0.5) is 0 Å². The minimum atomic E-state index is -1.97. The fraction of sp³-hybridized carbons (Fsp3) is 0.872. The van der Waals surface area contributed by atoms with E-state index in [9.17, 15) is 30.0 Å². The van der Waals surface area contributed by atoms with E-state index in [1.807, 2.05) is 26.0 Å².